The number of alkyl halides is 3. The highest BCUT2D eigenvalue weighted by Gasteiger charge is 2.34. The molecular formula is C27H25F3N4O. The normalized spacial score (nSPS) is 16.3. The number of rotatable bonds is 4. The minimum Gasteiger partial charge on any atom is -0.337 e. The number of amides is 1. The molecule has 0 unspecified atom stereocenters. The first-order valence-electron chi connectivity index (χ1n) is 11.6. The standard InChI is InChI=1S/C27H25F3N4O/c28-27(29,30)23-7-3-13-31-24(23)19-32-15-17-33(18-16-32)26(35)21-9-11-22(12-10-21)34-14-4-6-20-5-1-2-8-25(20)34/h1-13H,14-19H2. The maximum Gasteiger partial charge on any atom is 0.418 e. The number of nitrogens with zero attached hydrogens (tertiary/aromatic N) is 4. The van der Waals surface area contributed by atoms with Gasteiger partial charge in [0.2, 0.25) is 0 Å². The monoisotopic (exact) mass is 478 g/mol. The van der Waals surface area contributed by atoms with Gasteiger partial charge in [-0.3, -0.25) is 14.7 Å². The van der Waals surface area contributed by atoms with Crippen LogP contribution in [0.3, 0.4) is 0 Å². The molecule has 1 amide bonds. The lowest BCUT2D eigenvalue weighted by Gasteiger charge is -2.35. The average Bonchev–Trinajstić information content (AvgIpc) is 2.88. The van der Waals surface area contributed by atoms with Gasteiger partial charge in [0.25, 0.3) is 5.91 Å². The molecule has 5 nitrogen and oxygen atoms in total. The SMILES string of the molecule is O=C(c1ccc(N2CC=Cc3ccccc32)cc1)N1CCN(Cc2ncccc2C(F)(F)F)CC1. The number of halogens is 3. The van der Waals surface area contributed by atoms with Crippen LogP contribution in [0.4, 0.5) is 24.5 Å². The molecule has 0 spiro atoms. The first-order valence-corrected chi connectivity index (χ1v) is 11.6. The summed E-state index contributed by atoms with van der Waals surface area (Å²) in [5.74, 6) is -0.0658. The summed E-state index contributed by atoms with van der Waals surface area (Å²) in [6.07, 6.45) is 1.18. The van der Waals surface area contributed by atoms with Gasteiger partial charge in [-0.15, -0.1) is 0 Å². The highest BCUT2D eigenvalue weighted by Crippen LogP contribution is 2.33. The Kier molecular flexibility index (Phi) is 6.30. The third-order valence-corrected chi connectivity index (χ3v) is 6.47. The van der Waals surface area contributed by atoms with Crippen molar-refractivity contribution in [2.24, 2.45) is 0 Å². The van der Waals surface area contributed by atoms with Crippen molar-refractivity contribution >= 4 is 23.4 Å². The molecule has 3 aromatic rings. The maximum atomic E-state index is 13.3. The number of para-hydroxylation sites is 1. The van der Waals surface area contributed by atoms with Crippen molar-refractivity contribution in [1.82, 2.24) is 14.8 Å². The minimum absolute atomic E-state index is 0.0181. The van der Waals surface area contributed by atoms with E-state index in [-0.39, 0.29) is 18.1 Å². The largest absolute Gasteiger partial charge is 0.418 e. The van der Waals surface area contributed by atoms with Gasteiger partial charge >= 0.3 is 6.18 Å². The minimum atomic E-state index is -4.43. The predicted molar refractivity (Wildman–Crippen MR) is 129 cm³/mol. The molecule has 180 valence electrons. The van der Waals surface area contributed by atoms with Gasteiger partial charge in [0, 0.05) is 62.4 Å². The van der Waals surface area contributed by atoms with Gasteiger partial charge in [-0.1, -0.05) is 30.4 Å². The van der Waals surface area contributed by atoms with Crippen LogP contribution in [0.15, 0.2) is 72.9 Å². The van der Waals surface area contributed by atoms with E-state index in [1.807, 2.05) is 41.3 Å². The molecule has 0 saturated carbocycles. The van der Waals surface area contributed by atoms with Crippen molar-refractivity contribution in [1.29, 1.82) is 0 Å². The van der Waals surface area contributed by atoms with Crippen molar-refractivity contribution in [2.45, 2.75) is 12.7 Å². The Balaban J connectivity index is 1.21. The van der Waals surface area contributed by atoms with Crippen LogP contribution < -0.4 is 4.90 Å². The van der Waals surface area contributed by atoms with E-state index < -0.39 is 11.7 Å². The lowest BCUT2D eigenvalue weighted by molar-refractivity contribution is -0.138. The number of hydrogen-bond acceptors (Lipinski definition) is 4. The summed E-state index contributed by atoms with van der Waals surface area (Å²) in [5, 5.41) is 0. The van der Waals surface area contributed by atoms with E-state index in [0.717, 1.165) is 29.5 Å². The zero-order valence-electron chi connectivity index (χ0n) is 19.1. The molecule has 0 atom stereocenters. The highest BCUT2D eigenvalue weighted by molar-refractivity contribution is 5.95. The fourth-order valence-corrected chi connectivity index (χ4v) is 4.61. The Morgan fingerprint density at radius 2 is 1.66 bits per heavy atom. The van der Waals surface area contributed by atoms with E-state index in [1.165, 1.54) is 12.3 Å². The summed E-state index contributed by atoms with van der Waals surface area (Å²) < 4.78 is 39.8. The van der Waals surface area contributed by atoms with Gasteiger partial charge in [-0.25, -0.2) is 0 Å². The second kappa shape index (κ2) is 9.54. The van der Waals surface area contributed by atoms with E-state index in [1.54, 1.807) is 4.90 Å². The van der Waals surface area contributed by atoms with Crippen molar-refractivity contribution in [3.63, 3.8) is 0 Å². The maximum absolute atomic E-state index is 13.3. The fourth-order valence-electron chi connectivity index (χ4n) is 4.61. The molecule has 8 heteroatoms. The van der Waals surface area contributed by atoms with Gasteiger partial charge in [-0.05, 0) is 48.0 Å². The molecule has 0 aliphatic carbocycles. The Bertz CT molecular complexity index is 1230. The summed E-state index contributed by atoms with van der Waals surface area (Å²) >= 11 is 0. The van der Waals surface area contributed by atoms with Crippen LogP contribution in [0.2, 0.25) is 0 Å². The van der Waals surface area contributed by atoms with Gasteiger partial charge in [-0.2, -0.15) is 13.2 Å². The van der Waals surface area contributed by atoms with E-state index >= 15 is 0 Å². The molecule has 0 bridgehead atoms. The van der Waals surface area contributed by atoms with Crippen molar-refractivity contribution in [3.8, 4) is 0 Å². The molecule has 1 saturated heterocycles. The van der Waals surface area contributed by atoms with Crippen LogP contribution in [0.5, 0.6) is 0 Å². The first-order chi connectivity index (χ1) is 16.9. The molecule has 5 rings (SSSR count). The van der Waals surface area contributed by atoms with Crippen molar-refractivity contribution in [3.05, 3.63) is 95.3 Å². The Hall–Kier alpha value is -3.65. The number of benzene rings is 2. The summed E-state index contributed by atoms with van der Waals surface area (Å²) in [5.41, 5.74) is 3.22. The predicted octanol–water partition coefficient (Wildman–Crippen LogP) is 5.22. The Morgan fingerprint density at radius 3 is 2.40 bits per heavy atom. The average molecular weight is 479 g/mol. The molecule has 2 aliphatic rings. The van der Waals surface area contributed by atoms with E-state index in [9.17, 15) is 18.0 Å². The summed E-state index contributed by atoms with van der Waals surface area (Å²) in [7, 11) is 0. The van der Waals surface area contributed by atoms with Crippen molar-refractivity contribution < 1.29 is 18.0 Å². The van der Waals surface area contributed by atoms with Crippen LogP contribution in [-0.2, 0) is 12.7 Å². The lowest BCUT2D eigenvalue weighted by Crippen LogP contribution is -2.48. The van der Waals surface area contributed by atoms with E-state index in [4.69, 9.17) is 0 Å². The van der Waals surface area contributed by atoms with Crippen LogP contribution >= 0.6 is 0 Å². The highest BCUT2D eigenvalue weighted by atomic mass is 19.4. The molecule has 0 radical (unpaired) electrons. The van der Waals surface area contributed by atoms with E-state index in [0.29, 0.717) is 31.7 Å². The van der Waals surface area contributed by atoms with Gasteiger partial charge in [0.15, 0.2) is 0 Å². The topological polar surface area (TPSA) is 39.7 Å². The van der Waals surface area contributed by atoms with E-state index in [2.05, 4.69) is 34.2 Å². The zero-order valence-corrected chi connectivity index (χ0v) is 19.1. The number of pyridine rings is 1. The molecule has 1 fully saturated rings. The number of aromatic nitrogens is 1. The summed E-state index contributed by atoms with van der Waals surface area (Å²) in [6, 6.07) is 18.1. The molecular weight excluding hydrogens is 453 g/mol. The van der Waals surface area contributed by atoms with Gasteiger partial charge in [0.05, 0.1) is 11.3 Å². The Morgan fingerprint density at radius 1 is 0.914 bits per heavy atom. The van der Waals surface area contributed by atoms with Gasteiger partial charge in [0.1, 0.15) is 0 Å². The number of hydrogen-bond donors (Lipinski definition) is 0. The number of anilines is 2. The third kappa shape index (κ3) is 4.93. The molecule has 2 aromatic carbocycles. The number of piperazine rings is 1. The molecule has 2 aliphatic heterocycles. The molecule has 3 heterocycles. The van der Waals surface area contributed by atoms with Crippen molar-refractivity contribution in [2.75, 3.05) is 37.6 Å². The van der Waals surface area contributed by atoms with Crippen LogP contribution in [0, 0.1) is 0 Å². The lowest BCUT2D eigenvalue weighted by atomic mass is 10.1. The number of fused-ring (bicyclic) bond motifs is 1. The van der Waals surface area contributed by atoms with Crippen LogP contribution in [0.1, 0.15) is 27.2 Å². The third-order valence-electron chi connectivity index (χ3n) is 6.47. The number of carbonyl (C=O) groups is 1. The van der Waals surface area contributed by atoms with Crippen LogP contribution in [-0.4, -0.2) is 53.4 Å². The second-order valence-electron chi connectivity index (χ2n) is 8.68. The smallest absolute Gasteiger partial charge is 0.337 e. The number of carbonyl (C=O) groups excluding carboxylic acids is 1. The molecule has 0 N–H and O–H groups in total. The molecule has 35 heavy (non-hydrogen) atoms. The Labute approximate surface area is 202 Å². The zero-order chi connectivity index (χ0) is 24.4. The quantitative estimate of drug-likeness (QED) is 0.515. The summed E-state index contributed by atoms with van der Waals surface area (Å²) in [6.45, 7) is 2.78. The summed E-state index contributed by atoms with van der Waals surface area (Å²) in [4.78, 5) is 22.9. The van der Waals surface area contributed by atoms with Gasteiger partial charge < -0.3 is 9.80 Å². The fraction of sp³-hybridized carbons (Fsp3) is 0.259. The second-order valence-corrected chi connectivity index (χ2v) is 8.68. The van der Waals surface area contributed by atoms with Crippen LogP contribution in [0.25, 0.3) is 6.08 Å². The molecule has 1 aromatic heterocycles. The first kappa shape index (κ1) is 23.1.